The minimum absolute atomic E-state index is 0.126. The molecule has 1 fully saturated rings. The number of carbonyl (C=O) groups excluding carboxylic acids is 1. The molecule has 0 radical (unpaired) electrons. The van der Waals surface area contributed by atoms with E-state index in [1.54, 1.807) is 18.3 Å². The van der Waals surface area contributed by atoms with Crippen molar-refractivity contribution in [1.82, 2.24) is 15.2 Å². The van der Waals surface area contributed by atoms with Crippen molar-refractivity contribution < 1.29 is 4.79 Å². The van der Waals surface area contributed by atoms with Crippen LogP contribution in [0.4, 0.5) is 0 Å². The smallest absolute Gasteiger partial charge is 0.270 e. The van der Waals surface area contributed by atoms with Crippen molar-refractivity contribution in [3.05, 3.63) is 29.6 Å². The zero-order chi connectivity index (χ0) is 15.2. The van der Waals surface area contributed by atoms with Crippen LogP contribution in [-0.4, -0.2) is 46.5 Å². The van der Waals surface area contributed by atoms with E-state index in [0.717, 1.165) is 32.5 Å². The highest BCUT2D eigenvalue weighted by molar-refractivity contribution is 7.80. The van der Waals surface area contributed by atoms with Gasteiger partial charge in [0.25, 0.3) is 5.91 Å². The summed E-state index contributed by atoms with van der Waals surface area (Å²) >= 11 is 4.87. The van der Waals surface area contributed by atoms with Crippen LogP contribution in [0.2, 0.25) is 0 Å². The third-order valence-electron chi connectivity index (χ3n) is 3.74. The summed E-state index contributed by atoms with van der Waals surface area (Å²) in [4.78, 5) is 19.0. The Balaban J connectivity index is 1.86. The maximum atomic E-state index is 12.1. The van der Waals surface area contributed by atoms with Crippen LogP contribution >= 0.6 is 12.2 Å². The second kappa shape index (κ2) is 7.47. The van der Waals surface area contributed by atoms with Gasteiger partial charge in [-0.1, -0.05) is 19.1 Å². The highest BCUT2D eigenvalue weighted by Crippen LogP contribution is 2.11. The first kappa shape index (κ1) is 15.9. The van der Waals surface area contributed by atoms with Crippen LogP contribution in [0.1, 0.15) is 42.2 Å². The second-order valence-electron chi connectivity index (χ2n) is 5.39. The molecule has 1 saturated heterocycles. The number of amides is 1. The van der Waals surface area contributed by atoms with Crippen molar-refractivity contribution in [2.75, 3.05) is 19.6 Å². The summed E-state index contributed by atoms with van der Waals surface area (Å²) in [6.07, 6.45) is 4.71. The lowest BCUT2D eigenvalue weighted by Crippen LogP contribution is -2.44. The monoisotopic (exact) mass is 306 g/mol. The first-order chi connectivity index (χ1) is 10.1. The minimum atomic E-state index is -0.126. The SMILES string of the molecule is CCCN1CCC(NC(=O)c2ccc(C(N)=S)cn2)CC1. The van der Waals surface area contributed by atoms with Gasteiger partial charge >= 0.3 is 0 Å². The Labute approximate surface area is 130 Å². The van der Waals surface area contributed by atoms with E-state index >= 15 is 0 Å². The Hall–Kier alpha value is -1.53. The zero-order valence-corrected chi connectivity index (χ0v) is 13.2. The topological polar surface area (TPSA) is 71.2 Å². The zero-order valence-electron chi connectivity index (χ0n) is 12.3. The fourth-order valence-electron chi connectivity index (χ4n) is 2.55. The summed E-state index contributed by atoms with van der Waals surface area (Å²) in [6, 6.07) is 3.63. The van der Waals surface area contributed by atoms with Crippen molar-refractivity contribution in [3.8, 4) is 0 Å². The Kier molecular flexibility index (Phi) is 5.64. The van der Waals surface area contributed by atoms with Gasteiger partial charge in [-0.15, -0.1) is 0 Å². The number of nitrogens with one attached hydrogen (secondary N) is 1. The molecule has 1 aliphatic rings. The molecule has 0 saturated carbocycles. The third-order valence-corrected chi connectivity index (χ3v) is 3.98. The Bertz CT molecular complexity index is 495. The molecular formula is C15H22N4OS. The van der Waals surface area contributed by atoms with Crippen LogP contribution in [0.25, 0.3) is 0 Å². The number of carbonyl (C=O) groups is 1. The average Bonchev–Trinajstić information content (AvgIpc) is 2.49. The van der Waals surface area contributed by atoms with Gasteiger partial charge in [-0.2, -0.15) is 0 Å². The number of nitrogens with zero attached hydrogens (tertiary/aromatic N) is 2. The van der Waals surface area contributed by atoms with Gasteiger partial charge < -0.3 is 16.0 Å². The molecule has 0 aromatic carbocycles. The lowest BCUT2D eigenvalue weighted by molar-refractivity contribution is 0.0906. The normalized spacial score (nSPS) is 16.6. The standard InChI is InChI=1S/C15H22N4OS/c1-2-7-19-8-5-12(6-9-19)18-15(20)13-4-3-11(10-17-13)14(16)21/h3-4,10,12H,2,5-9H2,1H3,(H2,16,21)(H,18,20). The van der Waals surface area contributed by atoms with Gasteiger partial charge in [0.2, 0.25) is 0 Å². The molecule has 2 heterocycles. The van der Waals surface area contributed by atoms with E-state index in [1.165, 1.54) is 6.42 Å². The fourth-order valence-corrected chi connectivity index (χ4v) is 2.67. The number of thiocarbonyl (C=S) groups is 1. The van der Waals surface area contributed by atoms with Crippen LogP contribution in [0.3, 0.4) is 0 Å². The predicted octanol–water partition coefficient (Wildman–Crippen LogP) is 1.32. The molecule has 1 aromatic heterocycles. The number of likely N-dealkylation sites (tertiary alicyclic amines) is 1. The molecule has 1 aromatic rings. The number of hydrogen-bond acceptors (Lipinski definition) is 4. The summed E-state index contributed by atoms with van der Waals surface area (Å²) < 4.78 is 0. The van der Waals surface area contributed by atoms with E-state index in [0.29, 0.717) is 11.3 Å². The molecule has 0 spiro atoms. The Morgan fingerprint density at radius 1 is 1.48 bits per heavy atom. The number of rotatable bonds is 5. The molecule has 114 valence electrons. The van der Waals surface area contributed by atoms with Gasteiger partial charge in [0, 0.05) is 30.9 Å². The first-order valence-electron chi connectivity index (χ1n) is 7.39. The molecule has 0 aliphatic carbocycles. The van der Waals surface area contributed by atoms with E-state index < -0.39 is 0 Å². The van der Waals surface area contributed by atoms with Gasteiger partial charge in [-0.3, -0.25) is 9.78 Å². The molecule has 0 atom stereocenters. The molecular weight excluding hydrogens is 284 g/mol. The first-order valence-corrected chi connectivity index (χ1v) is 7.80. The van der Waals surface area contributed by atoms with E-state index in [4.69, 9.17) is 18.0 Å². The molecule has 6 heteroatoms. The summed E-state index contributed by atoms with van der Waals surface area (Å²) in [5.74, 6) is -0.126. The quantitative estimate of drug-likeness (QED) is 0.803. The van der Waals surface area contributed by atoms with E-state index in [9.17, 15) is 4.79 Å². The van der Waals surface area contributed by atoms with Gasteiger partial charge in [-0.05, 0) is 37.9 Å². The van der Waals surface area contributed by atoms with Gasteiger partial charge in [0.1, 0.15) is 10.7 Å². The van der Waals surface area contributed by atoms with Crippen LogP contribution in [0, 0.1) is 0 Å². The minimum Gasteiger partial charge on any atom is -0.389 e. The van der Waals surface area contributed by atoms with Crippen LogP contribution in [-0.2, 0) is 0 Å². The highest BCUT2D eigenvalue weighted by atomic mass is 32.1. The van der Waals surface area contributed by atoms with Crippen LogP contribution in [0.15, 0.2) is 18.3 Å². The van der Waals surface area contributed by atoms with E-state index in [-0.39, 0.29) is 16.9 Å². The van der Waals surface area contributed by atoms with E-state index in [1.807, 2.05) is 0 Å². The lowest BCUT2D eigenvalue weighted by atomic mass is 10.0. The number of nitrogens with two attached hydrogens (primary N) is 1. The molecule has 2 rings (SSSR count). The maximum absolute atomic E-state index is 12.1. The van der Waals surface area contributed by atoms with Crippen LogP contribution < -0.4 is 11.1 Å². The van der Waals surface area contributed by atoms with Gasteiger partial charge in [-0.25, -0.2) is 0 Å². The van der Waals surface area contributed by atoms with Crippen molar-refractivity contribution in [2.24, 2.45) is 5.73 Å². The van der Waals surface area contributed by atoms with Gasteiger partial charge in [0.05, 0.1) is 0 Å². The molecule has 1 aliphatic heterocycles. The van der Waals surface area contributed by atoms with Crippen molar-refractivity contribution >= 4 is 23.1 Å². The maximum Gasteiger partial charge on any atom is 0.270 e. The summed E-state index contributed by atoms with van der Waals surface area (Å²) in [6.45, 7) is 5.43. The predicted molar refractivity (Wildman–Crippen MR) is 87.3 cm³/mol. The van der Waals surface area contributed by atoms with Crippen molar-refractivity contribution in [1.29, 1.82) is 0 Å². The largest absolute Gasteiger partial charge is 0.389 e. The van der Waals surface area contributed by atoms with Crippen LogP contribution in [0.5, 0.6) is 0 Å². The van der Waals surface area contributed by atoms with Gasteiger partial charge in [0.15, 0.2) is 0 Å². The molecule has 21 heavy (non-hydrogen) atoms. The van der Waals surface area contributed by atoms with Crippen molar-refractivity contribution in [3.63, 3.8) is 0 Å². The highest BCUT2D eigenvalue weighted by Gasteiger charge is 2.20. The number of aromatic nitrogens is 1. The van der Waals surface area contributed by atoms with Crippen molar-refractivity contribution in [2.45, 2.75) is 32.2 Å². The summed E-state index contributed by atoms with van der Waals surface area (Å²) in [7, 11) is 0. The Morgan fingerprint density at radius 2 is 2.19 bits per heavy atom. The average molecular weight is 306 g/mol. The van der Waals surface area contributed by atoms with E-state index in [2.05, 4.69) is 22.1 Å². The summed E-state index contributed by atoms with van der Waals surface area (Å²) in [5, 5.41) is 3.05. The number of piperidine rings is 1. The molecule has 0 bridgehead atoms. The molecule has 5 nitrogen and oxygen atoms in total. The summed E-state index contributed by atoms with van der Waals surface area (Å²) in [5.41, 5.74) is 6.60. The third kappa shape index (κ3) is 4.47. The second-order valence-corrected chi connectivity index (χ2v) is 5.83. The Morgan fingerprint density at radius 3 is 2.71 bits per heavy atom. The molecule has 3 N–H and O–H groups in total. The lowest BCUT2D eigenvalue weighted by Gasteiger charge is -2.31. The number of hydrogen-bond donors (Lipinski definition) is 2. The fraction of sp³-hybridized carbons (Fsp3) is 0.533. The molecule has 0 unspecified atom stereocenters. The molecule has 1 amide bonds. The number of pyridine rings is 1.